The largest absolute Gasteiger partial charge is 0.469 e. The quantitative estimate of drug-likeness (QED) is 0.242. The molecule has 1 saturated carbocycles. The topological polar surface area (TPSA) is 111 Å². The van der Waals surface area contributed by atoms with E-state index in [1.807, 2.05) is 12.1 Å². The van der Waals surface area contributed by atoms with Crippen molar-refractivity contribution in [2.24, 2.45) is 5.92 Å². The number of hydrogen-bond acceptors (Lipinski definition) is 6. The van der Waals surface area contributed by atoms with Gasteiger partial charge in [0.2, 0.25) is 17.6 Å². The Balaban J connectivity index is 1.29. The van der Waals surface area contributed by atoms with Crippen molar-refractivity contribution in [3.63, 3.8) is 0 Å². The summed E-state index contributed by atoms with van der Waals surface area (Å²) in [5.41, 5.74) is 0.750. The van der Waals surface area contributed by atoms with Crippen LogP contribution < -0.4 is 10.6 Å². The van der Waals surface area contributed by atoms with Crippen LogP contribution in [0.2, 0.25) is 10.0 Å². The molecule has 1 fully saturated rings. The molecule has 224 valence electrons. The van der Waals surface area contributed by atoms with Gasteiger partial charge >= 0.3 is 12.1 Å². The van der Waals surface area contributed by atoms with Gasteiger partial charge in [0.1, 0.15) is 0 Å². The Morgan fingerprint density at radius 2 is 1.74 bits per heavy atom. The Morgan fingerprint density at radius 1 is 1.05 bits per heavy atom. The summed E-state index contributed by atoms with van der Waals surface area (Å²) in [6, 6.07) is 11.5. The molecule has 13 heteroatoms. The van der Waals surface area contributed by atoms with Gasteiger partial charge in [-0.25, -0.2) is 4.98 Å². The van der Waals surface area contributed by atoms with Crippen LogP contribution in [-0.2, 0) is 20.5 Å². The van der Waals surface area contributed by atoms with Gasteiger partial charge in [-0.15, -0.1) is 0 Å². The maximum atomic E-state index is 13.6. The summed E-state index contributed by atoms with van der Waals surface area (Å²) >= 11 is 11.9. The van der Waals surface area contributed by atoms with Crippen LogP contribution in [0.25, 0.3) is 11.5 Å². The first-order chi connectivity index (χ1) is 19.9. The fourth-order valence-corrected chi connectivity index (χ4v) is 5.39. The number of alkyl halides is 3. The van der Waals surface area contributed by atoms with Crippen molar-refractivity contribution in [2.45, 2.75) is 50.6 Å². The Bertz CT molecular complexity index is 1440. The highest BCUT2D eigenvalue weighted by atomic mass is 35.5. The van der Waals surface area contributed by atoms with E-state index >= 15 is 0 Å². The first-order valence-electron chi connectivity index (χ1n) is 13.2. The summed E-state index contributed by atoms with van der Waals surface area (Å²) in [7, 11) is 1.39. The summed E-state index contributed by atoms with van der Waals surface area (Å²) in [5.74, 6) is -3.14. The van der Waals surface area contributed by atoms with Gasteiger partial charge < -0.3 is 19.8 Å². The van der Waals surface area contributed by atoms with Crippen LogP contribution in [0.15, 0.2) is 46.9 Å². The molecule has 8 nitrogen and oxygen atoms in total. The van der Waals surface area contributed by atoms with Crippen molar-refractivity contribution in [3.8, 4) is 11.5 Å². The number of anilines is 1. The van der Waals surface area contributed by atoms with Crippen LogP contribution in [-0.4, -0.2) is 36.4 Å². The van der Waals surface area contributed by atoms with Crippen molar-refractivity contribution in [2.75, 3.05) is 19.0 Å². The van der Waals surface area contributed by atoms with E-state index in [2.05, 4.69) is 15.6 Å². The number of halogens is 5. The lowest BCUT2D eigenvalue weighted by atomic mass is 9.77. The first kappa shape index (κ1) is 31.4. The third kappa shape index (κ3) is 8.04. The Kier molecular flexibility index (Phi) is 10.2. The van der Waals surface area contributed by atoms with Crippen molar-refractivity contribution in [1.82, 2.24) is 10.3 Å². The molecule has 2 N–H and O–H groups in total. The molecule has 0 radical (unpaired) electrons. The van der Waals surface area contributed by atoms with Crippen LogP contribution in [0.3, 0.4) is 0 Å². The highest BCUT2D eigenvalue weighted by Gasteiger charge is 2.42. The lowest BCUT2D eigenvalue weighted by molar-refractivity contribution is -0.153. The molecule has 1 aliphatic carbocycles. The van der Waals surface area contributed by atoms with Crippen molar-refractivity contribution < 1.29 is 36.7 Å². The maximum Gasteiger partial charge on any atom is 0.452 e. The summed E-state index contributed by atoms with van der Waals surface area (Å²) < 4.78 is 50.3. The van der Waals surface area contributed by atoms with Gasteiger partial charge in [-0.1, -0.05) is 35.3 Å². The molecule has 0 atom stereocenters. The van der Waals surface area contributed by atoms with Gasteiger partial charge in [-0.2, -0.15) is 13.2 Å². The van der Waals surface area contributed by atoms with Gasteiger partial charge in [-0.3, -0.25) is 14.4 Å². The van der Waals surface area contributed by atoms with Crippen molar-refractivity contribution >= 4 is 46.7 Å². The minimum absolute atomic E-state index is 0.00264. The normalized spacial score (nSPS) is 17.0. The number of nitrogens with one attached hydrogen (secondary N) is 2. The number of ether oxygens (including phenoxy) is 1. The zero-order valence-corrected chi connectivity index (χ0v) is 24.0. The second-order valence-electron chi connectivity index (χ2n) is 9.99. The molecule has 1 aliphatic rings. The fourth-order valence-electron chi connectivity index (χ4n) is 4.90. The van der Waals surface area contributed by atoms with E-state index in [1.54, 1.807) is 12.1 Å². The van der Waals surface area contributed by atoms with Crippen LogP contribution in [0.1, 0.15) is 66.3 Å². The molecule has 0 saturated heterocycles. The van der Waals surface area contributed by atoms with E-state index in [0.717, 1.165) is 31.2 Å². The van der Waals surface area contributed by atoms with Crippen molar-refractivity contribution in [3.05, 3.63) is 69.5 Å². The van der Waals surface area contributed by atoms with E-state index in [-0.39, 0.29) is 34.5 Å². The van der Waals surface area contributed by atoms with E-state index in [1.165, 1.54) is 25.3 Å². The SMILES string of the molecule is COC(=O)CC1CCC(c2ccc(NC(=O)CCNC(=O)c3nc(-c4ccc(Cl)cc4Cl)oc3C(F)(F)F)cc2)CC1. The summed E-state index contributed by atoms with van der Waals surface area (Å²) in [6.07, 6.45) is -0.935. The summed E-state index contributed by atoms with van der Waals surface area (Å²) in [4.78, 5) is 40.2. The number of carbonyl (C=O) groups excluding carboxylic acids is 3. The molecular formula is C29H28Cl2F3N3O5. The molecule has 3 aromatic rings. The number of rotatable bonds is 9. The highest BCUT2D eigenvalue weighted by molar-refractivity contribution is 6.36. The molecule has 1 heterocycles. The lowest BCUT2D eigenvalue weighted by Crippen LogP contribution is -2.29. The van der Waals surface area contributed by atoms with Crippen LogP contribution in [0.4, 0.5) is 18.9 Å². The number of nitrogens with zero attached hydrogens (tertiary/aromatic N) is 1. The van der Waals surface area contributed by atoms with Crippen LogP contribution in [0, 0.1) is 5.92 Å². The molecular weight excluding hydrogens is 598 g/mol. The number of esters is 1. The average molecular weight is 626 g/mol. The number of methoxy groups -OCH3 is 1. The number of amides is 2. The van der Waals surface area contributed by atoms with Crippen LogP contribution >= 0.6 is 23.2 Å². The van der Waals surface area contributed by atoms with Gasteiger partial charge in [0.25, 0.3) is 5.91 Å². The zero-order valence-electron chi connectivity index (χ0n) is 22.5. The molecule has 0 bridgehead atoms. The van der Waals surface area contributed by atoms with E-state index in [9.17, 15) is 27.6 Å². The van der Waals surface area contributed by atoms with E-state index in [0.29, 0.717) is 23.9 Å². The predicted octanol–water partition coefficient (Wildman–Crippen LogP) is 7.26. The Hall–Kier alpha value is -3.57. The monoisotopic (exact) mass is 625 g/mol. The van der Waals surface area contributed by atoms with E-state index in [4.69, 9.17) is 32.4 Å². The Morgan fingerprint density at radius 3 is 2.36 bits per heavy atom. The highest BCUT2D eigenvalue weighted by Crippen LogP contribution is 2.39. The molecule has 4 rings (SSSR count). The first-order valence-corrected chi connectivity index (χ1v) is 14.0. The molecule has 0 unspecified atom stereocenters. The summed E-state index contributed by atoms with van der Waals surface area (Å²) in [5, 5.41) is 5.25. The molecule has 0 aliphatic heterocycles. The number of aromatic nitrogens is 1. The van der Waals surface area contributed by atoms with Gasteiger partial charge in [0.05, 0.1) is 17.7 Å². The second-order valence-corrected chi connectivity index (χ2v) is 10.8. The second kappa shape index (κ2) is 13.6. The van der Waals surface area contributed by atoms with Gasteiger partial charge in [0, 0.05) is 30.1 Å². The van der Waals surface area contributed by atoms with Gasteiger partial charge in [-0.05, 0) is 73.4 Å². The lowest BCUT2D eigenvalue weighted by Gasteiger charge is -2.28. The average Bonchev–Trinajstić information content (AvgIpc) is 3.40. The molecule has 2 aromatic carbocycles. The summed E-state index contributed by atoms with van der Waals surface area (Å²) in [6.45, 7) is -0.237. The van der Waals surface area contributed by atoms with Gasteiger partial charge in [0.15, 0.2) is 5.69 Å². The standard InChI is InChI=1S/C29H28Cl2F3N3O5/c1-41-24(39)14-16-2-4-17(5-3-16)18-6-9-20(10-7-18)36-23(38)12-13-35-27(40)25-26(29(32,33)34)42-28(37-25)21-11-8-19(30)15-22(21)31/h6-11,15-17H,2-5,12-14H2,1H3,(H,35,40)(H,36,38). The number of carbonyl (C=O) groups is 3. The third-order valence-corrected chi connectivity index (χ3v) is 7.64. The third-order valence-electron chi connectivity index (χ3n) is 7.09. The predicted molar refractivity (Wildman–Crippen MR) is 150 cm³/mol. The van der Waals surface area contributed by atoms with E-state index < -0.39 is 35.3 Å². The van der Waals surface area contributed by atoms with Crippen LogP contribution in [0.5, 0.6) is 0 Å². The molecule has 0 spiro atoms. The Labute approximate surface area is 249 Å². The minimum atomic E-state index is -5.00. The fraction of sp³-hybridized carbons (Fsp3) is 0.379. The number of oxazole rings is 1. The minimum Gasteiger partial charge on any atom is -0.469 e. The molecule has 1 aromatic heterocycles. The molecule has 42 heavy (non-hydrogen) atoms. The number of hydrogen-bond donors (Lipinski definition) is 2. The zero-order chi connectivity index (χ0) is 30.4. The smallest absolute Gasteiger partial charge is 0.452 e. The maximum absolute atomic E-state index is 13.6. The number of benzene rings is 2. The van der Waals surface area contributed by atoms with Crippen molar-refractivity contribution in [1.29, 1.82) is 0 Å². The molecule has 2 amide bonds.